The first-order valence-corrected chi connectivity index (χ1v) is 11.9. The van der Waals surface area contributed by atoms with Crippen molar-refractivity contribution in [3.05, 3.63) is 74.5 Å². The van der Waals surface area contributed by atoms with Crippen molar-refractivity contribution in [2.24, 2.45) is 0 Å². The van der Waals surface area contributed by atoms with Gasteiger partial charge in [0.1, 0.15) is 0 Å². The van der Waals surface area contributed by atoms with Gasteiger partial charge in [0, 0.05) is 34.8 Å². The van der Waals surface area contributed by atoms with E-state index in [2.05, 4.69) is 34.8 Å². The number of H-pyrrole nitrogens is 2. The third kappa shape index (κ3) is 3.30. The zero-order valence-corrected chi connectivity index (χ0v) is 19.4. The minimum atomic E-state index is -0.000783. The molecule has 0 fully saturated rings. The maximum Gasteiger partial charge on any atom is 0.197 e. The van der Waals surface area contributed by atoms with Crippen molar-refractivity contribution < 1.29 is 0 Å². The Hall–Kier alpha value is -3.60. The van der Waals surface area contributed by atoms with Crippen LogP contribution in [0.15, 0.2) is 58.1 Å². The van der Waals surface area contributed by atoms with Gasteiger partial charge in [-0.25, -0.2) is 0 Å². The first-order chi connectivity index (χ1) is 16.1. The van der Waals surface area contributed by atoms with Crippen molar-refractivity contribution in [2.75, 3.05) is 18.0 Å². The number of aryl methyl sites for hydroxylation is 1. The van der Waals surface area contributed by atoms with E-state index in [-0.39, 0.29) is 10.9 Å². The molecular formula is C28H29N3O2. The molecule has 33 heavy (non-hydrogen) atoms. The lowest BCUT2D eigenvalue weighted by atomic mass is 9.97. The van der Waals surface area contributed by atoms with E-state index in [1.165, 1.54) is 0 Å². The summed E-state index contributed by atoms with van der Waals surface area (Å²) in [7, 11) is 0. The van der Waals surface area contributed by atoms with E-state index in [0.29, 0.717) is 33.5 Å². The number of aromatic nitrogens is 2. The van der Waals surface area contributed by atoms with E-state index >= 15 is 0 Å². The van der Waals surface area contributed by atoms with E-state index in [1.54, 1.807) is 0 Å². The summed E-state index contributed by atoms with van der Waals surface area (Å²) in [5, 5.41) is 2.63. The monoisotopic (exact) mass is 439 g/mol. The van der Waals surface area contributed by atoms with Gasteiger partial charge in [-0.15, -0.1) is 0 Å². The summed E-state index contributed by atoms with van der Waals surface area (Å²) in [6.07, 6.45) is 2.70. The summed E-state index contributed by atoms with van der Waals surface area (Å²) in [4.78, 5) is 36.5. The Bertz CT molecular complexity index is 1620. The molecule has 2 aromatic heterocycles. The molecule has 5 aromatic rings. The van der Waals surface area contributed by atoms with E-state index in [9.17, 15) is 9.59 Å². The number of nitrogens with one attached hydrogen (secondary N) is 2. The highest BCUT2D eigenvalue weighted by Crippen LogP contribution is 2.30. The van der Waals surface area contributed by atoms with Crippen molar-refractivity contribution in [1.82, 2.24) is 9.97 Å². The number of nitrogens with zero attached hydrogens (tertiary/aromatic N) is 1. The van der Waals surface area contributed by atoms with Crippen LogP contribution in [0.2, 0.25) is 0 Å². The summed E-state index contributed by atoms with van der Waals surface area (Å²) < 4.78 is 0. The Labute approximate surface area is 192 Å². The van der Waals surface area contributed by atoms with Crippen LogP contribution in [0, 0.1) is 0 Å². The fourth-order valence-corrected chi connectivity index (χ4v) is 5.13. The summed E-state index contributed by atoms with van der Waals surface area (Å²) in [6, 6.07) is 15.3. The average Bonchev–Trinajstić information content (AvgIpc) is 2.83. The highest BCUT2D eigenvalue weighted by molar-refractivity contribution is 6.07. The van der Waals surface area contributed by atoms with Crippen molar-refractivity contribution in [3.63, 3.8) is 0 Å². The number of anilines is 1. The number of para-hydroxylation sites is 2. The second-order valence-corrected chi connectivity index (χ2v) is 8.69. The summed E-state index contributed by atoms with van der Waals surface area (Å²) in [6.45, 7) is 8.24. The Kier molecular flexibility index (Phi) is 5.41. The number of aromatic amines is 2. The number of rotatable bonds is 6. The van der Waals surface area contributed by atoms with Crippen LogP contribution < -0.4 is 15.8 Å². The fourth-order valence-electron chi connectivity index (χ4n) is 5.13. The molecule has 2 heterocycles. The zero-order valence-electron chi connectivity index (χ0n) is 19.4. The molecule has 0 radical (unpaired) electrons. The maximum absolute atomic E-state index is 13.7. The van der Waals surface area contributed by atoms with Gasteiger partial charge in [-0.2, -0.15) is 0 Å². The van der Waals surface area contributed by atoms with Crippen molar-refractivity contribution >= 4 is 49.3 Å². The van der Waals surface area contributed by atoms with Gasteiger partial charge >= 0.3 is 0 Å². The van der Waals surface area contributed by atoms with Crippen LogP contribution in [0.3, 0.4) is 0 Å². The molecule has 0 aliphatic carbocycles. The average molecular weight is 440 g/mol. The molecule has 0 spiro atoms. The van der Waals surface area contributed by atoms with Crippen LogP contribution in [-0.4, -0.2) is 23.1 Å². The Morgan fingerprint density at radius 3 is 2.18 bits per heavy atom. The van der Waals surface area contributed by atoms with Crippen molar-refractivity contribution in [2.45, 2.75) is 40.0 Å². The van der Waals surface area contributed by atoms with E-state index in [4.69, 9.17) is 0 Å². The summed E-state index contributed by atoms with van der Waals surface area (Å²) in [5.74, 6) is 0. The Balaban J connectivity index is 1.94. The highest BCUT2D eigenvalue weighted by atomic mass is 16.1. The molecule has 0 aliphatic heterocycles. The van der Waals surface area contributed by atoms with Gasteiger partial charge in [-0.1, -0.05) is 39.0 Å². The second kappa shape index (κ2) is 8.39. The van der Waals surface area contributed by atoms with E-state index < -0.39 is 0 Å². The van der Waals surface area contributed by atoms with Crippen LogP contribution >= 0.6 is 0 Å². The molecule has 0 aliphatic rings. The molecule has 0 saturated heterocycles. The first kappa shape index (κ1) is 21.3. The molecule has 2 N–H and O–H groups in total. The number of hydrogen-bond acceptors (Lipinski definition) is 3. The van der Waals surface area contributed by atoms with Crippen LogP contribution in [-0.2, 0) is 6.42 Å². The van der Waals surface area contributed by atoms with Gasteiger partial charge in [0.25, 0.3) is 0 Å². The molecule has 0 amide bonds. The minimum Gasteiger partial charge on any atom is -0.370 e. The molecule has 5 heteroatoms. The number of fused-ring (bicyclic) bond motifs is 4. The lowest BCUT2D eigenvalue weighted by molar-refractivity contribution is 0.747. The highest BCUT2D eigenvalue weighted by Gasteiger charge is 2.18. The number of pyridine rings is 2. The quantitative estimate of drug-likeness (QED) is 0.325. The van der Waals surface area contributed by atoms with Crippen LogP contribution in [0.25, 0.3) is 43.6 Å². The third-order valence-corrected chi connectivity index (χ3v) is 6.56. The van der Waals surface area contributed by atoms with Crippen LogP contribution in [0.1, 0.15) is 39.2 Å². The molecule has 168 valence electrons. The van der Waals surface area contributed by atoms with Gasteiger partial charge in [-0.3, -0.25) is 9.59 Å². The Morgan fingerprint density at radius 1 is 0.727 bits per heavy atom. The smallest absolute Gasteiger partial charge is 0.197 e. The molecule has 0 unspecified atom stereocenters. The zero-order chi connectivity index (χ0) is 23.1. The van der Waals surface area contributed by atoms with Gasteiger partial charge in [-0.05, 0) is 55.2 Å². The van der Waals surface area contributed by atoms with Gasteiger partial charge in [0.05, 0.1) is 27.6 Å². The molecule has 3 aromatic carbocycles. The summed E-state index contributed by atoms with van der Waals surface area (Å²) >= 11 is 0. The number of benzene rings is 3. The number of hydrogen-bond donors (Lipinski definition) is 2. The lowest BCUT2D eigenvalue weighted by Crippen LogP contribution is -2.25. The topological polar surface area (TPSA) is 69.0 Å². The minimum absolute atomic E-state index is 0.000783. The standard InChI is InChI=1S/C28H29N3O2/c1-4-14-31(15-5-2)23-13-9-11-19-26(23)30-25-17(6-3)24-22(16-20(25)27(19)32)29-21-12-8-7-10-18(21)28(24)33/h7-13,16H,4-6,14-15H2,1-3H3,(H,29,33)(H,30,32). The van der Waals surface area contributed by atoms with Gasteiger partial charge < -0.3 is 14.9 Å². The second-order valence-electron chi connectivity index (χ2n) is 8.69. The molecular weight excluding hydrogens is 410 g/mol. The molecule has 0 atom stereocenters. The third-order valence-electron chi connectivity index (χ3n) is 6.56. The van der Waals surface area contributed by atoms with Crippen LogP contribution in [0.5, 0.6) is 0 Å². The van der Waals surface area contributed by atoms with Crippen molar-refractivity contribution in [3.8, 4) is 0 Å². The predicted octanol–water partition coefficient (Wildman–Crippen LogP) is 5.86. The Morgan fingerprint density at radius 2 is 1.45 bits per heavy atom. The summed E-state index contributed by atoms with van der Waals surface area (Å²) in [5.41, 5.74) is 5.05. The lowest BCUT2D eigenvalue weighted by Gasteiger charge is -2.25. The van der Waals surface area contributed by atoms with E-state index in [1.807, 2.05) is 49.4 Å². The van der Waals surface area contributed by atoms with Gasteiger partial charge in [0.15, 0.2) is 10.9 Å². The predicted molar refractivity (Wildman–Crippen MR) is 140 cm³/mol. The van der Waals surface area contributed by atoms with Crippen molar-refractivity contribution in [1.29, 1.82) is 0 Å². The maximum atomic E-state index is 13.7. The SMILES string of the molecule is CCCN(CCC)c1cccc2c(=O)c3cc4[nH]c5ccccc5c(=O)c4c(CC)c3[nH]c12. The molecule has 0 bridgehead atoms. The first-order valence-electron chi connectivity index (χ1n) is 11.9. The molecule has 5 nitrogen and oxygen atoms in total. The molecule has 5 rings (SSSR count). The largest absolute Gasteiger partial charge is 0.370 e. The van der Waals surface area contributed by atoms with E-state index in [0.717, 1.165) is 53.7 Å². The van der Waals surface area contributed by atoms with Crippen LogP contribution in [0.4, 0.5) is 5.69 Å². The normalized spacial score (nSPS) is 11.7. The van der Waals surface area contributed by atoms with Gasteiger partial charge in [0.2, 0.25) is 0 Å². The fraction of sp³-hybridized carbons (Fsp3) is 0.286. The molecule has 0 saturated carbocycles.